The highest BCUT2D eigenvalue weighted by Crippen LogP contribution is 2.32. The van der Waals surface area contributed by atoms with Gasteiger partial charge < -0.3 is 14.6 Å². The van der Waals surface area contributed by atoms with E-state index >= 15 is 0 Å². The summed E-state index contributed by atoms with van der Waals surface area (Å²) in [7, 11) is 0. The van der Waals surface area contributed by atoms with Gasteiger partial charge in [0.15, 0.2) is 0 Å². The lowest BCUT2D eigenvalue weighted by molar-refractivity contribution is 0.0176. The van der Waals surface area contributed by atoms with E-state index in [0.717, 1.165) is 29.1 Å². The lowest BCUT2D eigenvalue weighted by atomic mass is 10.1. The molecule has 1 aromatic heterocycles. The Morgan fingerprint density at radius 1 is 1.09 bits per heavy atom. The predicted molar refractivity (Wildman–Crippen MR) is 132 cm³/mol. The molecular formula is C27H35N3O3. The fourth-order valence-corrected chi connectivity index (χ4v) is 3.64. The molecule has 1 atom stereocenters. The highest BCUT2D eigenvalue weighted by atomic mass is 16.5. The first-order valence-corrected chi connectivity index (χ1v) is 11.5. The molecule has 1 heterocycles. The van der Waals surface area contributed by atoms with Crippen LogP contribution in [0.1, 0.15) is 32.0 Å². The number of ether oxygens (including phenoxy) is 2. The minimum absolute atomic E-state index is 0.216. The van der Waals surface area contributed by atoms with E-state index in [0.29, 0.717) is 25.6 Å². The van der Waals surface area contributed by atoms with Crippen molar-refractivity contribution in [2.45, 2.75) is 45.9 Å². The molecule has 0 aliphatic carbocycles. The molecule has 0 spiro atoms. The Kier molecular flexibility index (Phi) is 9.24. The molecule has 0 saturated carbocycles. The predicted octanol–water partition coefficient (Wildman–Crippen LogP) is 5.00. The summed E-state index contributed by atoms with van der Waals surface area (Å²) in [5.74, 6) is 1.46. The second kappa shape index (κ2) is 12.3. The fourth-order valence-electron chi connectivity index (χ4n) is 3.64. The fraction of sp³-hybridized carbons (Fsp3) is 0.370. The number of hydrogen-bond donors (Lipinski definition) is 1. The van der Waals surface area contributed by atoms with Crippen LogP contribution in [0.2, 0.25) is 0 Å². The van der Waals surface area contributed by atoms with Crippen molar-refractivity contribution in [2.75, 3.05) is 19.8 Å². The van der Waals surface area contributed by atoms with Gasteiger partial charge in [-0.2, -0.15) is 5.10 Å². The summed E-state index contributed by atoms with van der Waals surface area (Å²) in [5.41, 5.74) is 2.95. The van der Waals surface area contributed by atoms with Crippen LogP contribution in [0.3, 0.4) is 0 Å². The number of aliphatic hydroxyl groups excluding tert-OH is 1. The van der Waals surface area contributed by atoms with Gasteiger partial charge in [-0.05, 0) is 44.5 Å². The molecular weight excluding hydrogens is 414 g/mol. The van der Waals surface area contributed by atoms with Crippen LogP contribution in [-0.2, 0) is 17.7 Å². The zero-order valence-corrected chi connectivity index (χ0v) is 19.9. The van der Waals surface area contributed by atoms with Crippen LogP contribution < -0.4 is 4.74 Å². The van der Waals surface area contributed by atoms with Crippen LogP contribution in [-0.4, -0.2) is 51.7 Å². The third-order valence-electron chi connectivity index (χ3n) is 5.40. The second-order valence-electron chi connectivity index (χ2n) is 8.25. The molecule has 0 aliphatic rings. The Morgan fingerprint density at radius 2 is 1.76 bits per heavy atom. The Bertz CT molecular complexity index is 987. The Balaban J connectivity index is 1.96. The van der Waals surface area contributed by atoms with Crippen LogP contribution in [0.4, 0.5) is 0 Å². The zero-order valence-electron chi connectivity index (χ0n) is 19.9. The Morgan fingerprint density at radius 3 is 2.36 bits per heavy atom. The number of hydrogen-bond acceptors (Lipinski definition) is 5. The van der Waals surface area contributed by atoms with E-state index in [4.69, 9.17) is 14.6 Å². The lowest BCUT2D eigenvalue weighted by Crippen LogP contribution is -2.39. The molecule has 3 aromatic rings. The van der Waals surface area contributed by atoms with Crippen molar-refractivity contribution in [1.82, 2.24) is 14.7 Å². The molecule has 6 nitrogen and oxygen atoms in total. The van der Waals surface area contributed by atoms with Crippen LogP contribution in [0, 0.1) is 0 Å². The van der Waals surface area contributed by atoms with Gasteiger partial charge in [-0.3, -0.25) is 4.90 Å². The molecule has 3 rings (SSSR count). The number of aryl methyl sites for hydroxylation is 1. The second-order valence-corrected chi connectivity index (χ2v) is 8.25. The maximum atomic E-state index is 10.5. The van der Waals surface area contributed by atoms with Gasteiger partial charge >= 0.3 is 0 Å². The number of benzene rings is 2. The van der Waals surface area contributed by atoms with Crippen molar-refractivity contribution in [1.29, 1.82) is 0 Å². The van der Waals surface area contributed by atoms with E-state index in [1.165, 1.54) is 0 Å². The maximum Gasteiger partial charge on any atom is 0.227 e. The van der Waals surface area contributed by atoms with Crippen molar-refractivity contribution in [3.8, 4) is 17.3 Å². The number of aliphatic hydroxyl groups is 1. The van der Waals surface area contributed by atoms with Gasteiger partial charge in [0.05, 0.1) is 36.3 Å². The summed E-state index contributed by atoms with van der Waals surface area (Å²) in [4.78, 5) is 2.23. The zero-order chi connectivity index (χ0) is 23.6. The minimum atomic E-state index is -0.597. The molecule has 2 aromatic carbocycles. The number of nitrogens with zero attached hydrogens (tertiary/aromatic N) is 3. The average Bonchev–Trinajstić information content (AvgIpc) is 3.17. The van der Waals surface area contributed by atoms with Crippen molar-refractivity contribution in [3.05, 3.63) is 84.6 Å². The van der Waals surface area contributed by atoms with Gasteiger partial charge in [0, 0.05) is 19.1 Å². The van der Waals surface area contributed by atoms with E-state index in [1.807, 2.05) is 65.3 Å². The Labute approximate surface area is 197 Å². The maximum absolute atomic E-state index is 10.5. The third-order valence-corrected chi connectivity index (χ3v) is 5.40. The molecule has 1 unspecified atom stereocenters. The minimum Gasteiger partial charge on any atom is -0.439 e. The van der Waals surface area contributed by atoms with Crippen LogP contribution in [0.15, 0.2) is 73.3 Å². The van der Waals surface area contributed by atoms with Gasteiger partial charge in [-0.1, -0.05) is 49.4 Å². The van der Waals surface area contributed by atoms with E-state index in [9.17, 15) is 5.11 Å². The number of rotatable bonds is 13. The summed E-state index contributed by atoms with van der Waals surface area (Å²) >= 11 is 0. The third kappa shape index (κ3) is 6.78. The topological polar surface area (TPSA) is 59.8 Å². The molecule has 0 saturated heterocycles. The molecule has 0 fully saturated rings. The number of aromatic nitrogens is 2. The monoisotopic (exact) mass is 449 g/mol. The van der Waals surface area contributed by atoms with Crippen molar-refractivity contribution >= 4 is 0 Å². The summed E-state index contributed by atoms with van der Waals surface area (Å²) in [6.07, 6.45) is 1.86. The molecule has 0 bridgehead atoms. The highest BCUT2D eigenvalue weighted by molar-refractivity contribution is 5.43. The van der Waals surface area contributed by atoms with Gasteiger partial charge in [-0.15, -0.1) is 6.58 Å². The van der Waals surface area contributed by atoms with Crippen molar-refractivity contribution in [2.24, 2.45) is 0 Å². The molecule has 0 radical (unpaired) electrons. The summed E-state index contributed by atoms with van der Waals surface area (Å²) < 4.78 is 13.7. The molecule has 33 heavy (non-hydrogen) atoms. The van der Waals surface area contributed by atoms with E-state index in [-0.39, 0.29) is 12.6 Å². The van der Waals surface area contributed by atoms with Gasteiger partial charge in [0.25, 0.3) is 0 Å². The van der Waals surface area contributed by atoms with E-state index in [1.54, 1.807) is 6.08 Å². The largest absolute Gasteiger partial charge is 0.439 e. The van der Waals surface area contributed by atoms with Crippen LogP contribution in [0.5, 0.6) is 11.6 Å². The average molecular weight is 450 g/mol. The first-order valence-electron chi connectivity index (χ1n) is 11.5. The van der Waals surface area contributed by atoms with E-state index in [2.05, 4.69) is 32.3 Å². The molecule has 176 valence electrons. The normalized spacial score (nSPS) is 12.3. The quantitative estimate of drug-likeness (QED) is 0.294. The highest BCUT2D eigenvalue weighted by Gasteiger charge is 2.24. The molecule has 1 N–H and O–H groups in total. The van der Waals surface area contributed by atoms with Gasteiger partial charge in [-0.25, -0.2) is 4.68 Å². The lowest BCUT2D eigenvalue weighted by Gasteiger charge is -2.29. The molecule has 0 amide bonds. The Hall–Kier alpha value is -2.93. The van der Waals surface area contributed by atoms with E-state index < -0.39 is 6.10 Å². The first-order chi connectivity index (χ1) is 16.0. The first kappa shape index (κ1) is 24.7. The van der Waals surface area contributed by atoms with Gasteiger partial charge in [0.1, 0.15) is 5.75 Å². The molecule has 0 aliphatic heterocycles. The van der Waals surface area contributed by atoms with Gasteiger partial charge in [0.2, 0.25) is 5.88 Å². The van der Waals surface area contributed by atoms with Crippen molar-refractivity contribution < 1.29 is 14.6 Å². The van der Waals surface area contributed by atoms with Crippen LogP contribution >= 0.6 is 0 Å². The standard InChI is InChI=1S/C27H35N3O3/c1-5-17-32-20-23(31)18-29(21(3)4)19-25-26(6-2)28-30(22-13-9-7-10-14-22)27(25)33-24-15-11-8-12-16-24/h5,7-16,21,23,31H,1,6,17-20H2,2-4H3. The van der Waals surface area contributed by atoms with Crippen LogP contribution in [0.25, 0.3) is 5.69 Å². The SMILES string of the molecule is C=CCOCC(O)CN(Cc1c(CC)nn(-c2ccccc2)c1Oc1ccccc1)C(C)C. The summed E-state index contributed by atoms with van der Waals surface area (Å²) in [6.45, 7) is 11.8. The number of para-hydroxylation sites is 2. The summed E-state index contributed by atoms with van der Waals surface area (Å²) in [5, 5.41) is 15.4. The van der Waals surface area contributed by atoms with Crippen molar-refractivity contribution in [3.63, 3.8) is 0 Å². The summed E-state index contributed by atoms with van der Waals surface area (Å²) in [6, 6.07) is 20.0. The molecule has 6 heteroatoms. The smallest absolute Gasteiger partial charge is 0.227 e.